The van der Waals surface area contributed by atoms with Crippen molar-refractivity contribution in [1.82, 2.24) is 4.90 Å². The molecule has 2 rings (SSSR count). The lowest BCUT2D eigenvalue weighted by Gasteiger charge is -2.27. The predicted octanol–water partition coefficient (Wildman–Crippen LogP) is 1.86. The van der Waals surface area contributed by atoms with Crippen LogP contribution in [0, 0.1) is 0 Å². The average molecular weight is 397 g/mol. The number of sulfone groups is 1. The Morgan fingerprint density at radius 1 is 1.26 bits per heavy atom. The second-order valence-corrected chi connectivity index (χ2v) is 9.35. The highest BCUT2D eigenvalue weighted by Crippen LogP contribution is 2.29. The number of rotatable bonds is 7. The molecule has 150 valence electrons. The molecule has 1 unspecified atom stereocenters. The molecule has 0 radical (unpaired) electrons. The summed E-state index contributed by atoms with van der Waals surface area (Å²) in [4.78, 5) is 27.7. The molecule has 1 heterocycles. The molecule has 1 fully saturated rings. The largest absolute Gasteiger partial charge is 0.489 e. The molecule has 2 amide bonds. The van der Waals surface area contributed by atoms with Crippen LogP contribution in [0.1, 0.15) is 33.6 Å². The zero-order chi connectivity index (χ0) is 20.2. The van der Waals surface area contributed by atoms with Crippen LogP contribution >= 0.6 is 0 Å². The second-order valence-electron chi connectivity index (χ2n) is 7.12. The SMILES string of the molecule is CC(=O)N(CCC(=O)N(C)C1CCS(=O)(=O)C1)c1ccccc1OC(C)C. The van der Waals surface area contributed by atoms with Gasteiger partial charge >= 0.3 is 0 Å². The van der Waals surface area contributed by atoms with Gasteiger partial charge in [0, 0.05) is 33.0 Å². The summed E-state index contributed by atoms with van der Waals surface area (Å²) in [7, 11) is -1.43. The summed E-state index contributed by atoms with van der Waals surface area (Å²) in [6.07, 6.45) is 0.534. The topological polar surface area (TPSA) is 84.0 Å². The van der Waals surface area contributed by atoms with E-state index in [0.717, 1.165) is 0 Å². The molecule has 0 saturated carbocycles. The summed E-state index contributed by atoms with van der Waals surface area (Å²) >= 11 is 0. The Bertz CT molecular complexity index is 791. The Hall–Kier alpha value is -2.09. The maximum absolute atomic E-state index is 12.5. The minimum absolute atomic E-state index is 0.0106. The standard InChI is InChI=1S/C19H28N2O5S/c1-14(2)26-18-8-6-5-7-17(18)21(15(3)22)11-9-19(23)20(4)16-10-12-27(24,25)13-16/h5-8,14,16H,9-13H2,1-4H3. The van der Waals surface area contributed by atoms with Crippen LogP contribution in [0.5, 0.6) is 5.75 Å². The van der Waals surface area contributed by atoms with Gasteiger partial charge in [-0.2, -0.15) is 0 Å². The number of ether oxygens (including phenoxy) is 1. The minimum atomic E-state index is -3.05. The number of benzene rings is 1. The highest BCUT2D eigenvalue weighted by Gasteiger charge is 2.32. The van der Waals surface area contributed by atoms with E-state index >= 15 is 0 Å². The van der Waals surface area contributed by atoms with E-state index in [1.807, 2.05) is 26.0 Å². The number of carbonyl (C=O) groups excluding carboxylic acids is 2. The molecule has 0 N–H and O–H groups in total. The highest BCUT2D eigenvalue weighted by molar-refractivity contribution is 7.91. The third-order valence-electron chi connectivity index (χ3n) is 4.60. The van der Waals surface area contributed by atoms with E-state index in [1.54, 1.807) is 19.2 Å². The van der Waals surface area contributed by atoms with Gasteiger partial charge in [0.2, 0.25) is 11.8 Å². The van der Waals surface area contributed by atoms with Gasteiger partial charge in [0.05, 0.1) is 23.3 Å². The summed E-state index contributed by atoms with van der Waals surface area (Å²) in [6.45, 7) is 5.46. The maximum Gasteiger partial charge on any atom is 0.224 e. The fourth-order valence-electron chi connectivity index (χ4n) is 3.15. The van der Waals surface area contributed by atoms with E-state index in [4.69, 9.17) is 4.74 Å². The number of para-hydroxylation sites is 2. The normalized spacial score (nSPS) is 18.3. The van der Waals surface area contributed by atoms with Crippen LogP contribution in [0.25, 0.3) is 0 Å². The van der Waals surface area contributed by atoms with Crippen molar-refractivity contribution in [2.45, 2.75) is 45.8 Å². The number of carbonyl (C=O) groups is 2. The summed E-state index contributed by atoms with van der Waals surface area (Å²) in [6, 6.07) is 6.94. The lowest BCUT2D eigenvalue weighted by molar-refractivity contribution is -0.131. The van der Waals surface area contributed by atoms with Gasteiger partial charge in [-0.1, -0.05) is 12.1 Å². The van der Waals surface area contributed by atoms with E-state index in [0.29, 0.717) is 17.9 Å². The molecular weight excluding hydrogens is 368 g/mol. The maximum atomic E-state index is 12.5. The van der Waals surface area contributed by atoms with E-state index in [-0.39, 0.29) is 48.4 Å². The van der Waals surface area contributed by atoms with E-state index in [9.17, 15) is 18.0 Å². The zero-order valence-electron chi connectivity index (χ0n) is 16.3. The molecule has 0 aromatic heterocycles. The third kappa shape index (κ3) is 5.69. The molecule has 7 nitrogen and oxygen atoms in total. The monoisotopic (exact) mass is 396 g/mol. The van der Waals surface area contributed by atoms with Crippen molar-refractivity contribution in [3.63, 3.8) is 0 Å². The first-order valence-corrected chi connectivity index (χ1v) is 10.9. The Morgan fingerprint density at radius 3 is 2.48 bits per heavy atom. The fourth-order valence-corrected chi connectivity index (χ4v) is 4.92. The van der Waals surface area contributed by atoms with Gasteiger partial charge < -0.3 is 14.5 Å². The minimum Gasteiger partial charge on any atom is -0.489 e. The van der Waals surface area contributed by atoms with Gasteiger partial charge in [0.15, 0.2) is 9.84 Å². The van der Waals surface area contributed by atoms with Gasteiger partial charge in [-0.25, -0.2) is 8.42 Å². The van der Waals surface area contributed by atoms with Crippen molar-refractivity contribution in [2.24, 2.45) is 0 Å². The molecule has 1 aromatic rings. The second kappa shape index (κ2) is 8.73. The van der Waals surface area contributed by atoms with Gasteiger partial charge in [-0.05, 0) is 32.4 Å². The van der Waals surface area contributed by atoms with Crippen molar-refractivity contribution in [2.75, 3.05) is 30.0 Å². The molecule has 27 heavy (non-hydrogen) atoms. The summed E-state index contributed by atoms with van der Waals surface area (Å²) in [5, 5.41) is 0. The molecular formula is C19H28N2O5S. The van der Waals surface area contributed by atoms with Crippen LogP contribution in [-0.4, -0.2) is 62.4 Å². The van der Waals surface area contributed by atoms with Crippen LogP contribution in [0.2, 0.25) is 0 Å². The van der Waals surface area contributed by atoms with E-state index in [1.165, 1.54) is 16.7 Å². The highest BCUT2D eigenvalue weighted by atomic mass is 32.2. The molecule has 1 saturated heterocycles. The quantitative estimate of drug-likeness (QED) is 0.702. The smallest absolute Gasteiger partial charge is 0.224 e. The molecule has 1 atom stereocenters. The Balaban J connectivity index is 2.07. The molecule has 0 spiro atoms. The Labute approximate surface area is 161 Å². The summed E-state index contributed by atoms with van der Waals surface area (Å²) in [5.74, 6) is 0.357. The zero-order valence-corrected chi connectivity index (χ0v) is 17.2. The van der Waals surface area contributed by atoms with E-state index < -0.39 is 9.84 Å². The predicted molar refractivity (Wildman–Crippen MR) is 105 cm³/mol. The number of nitrogens with zero attached hydrogens (tertiary/aromatic N) is 2. The summed E-state index contributed by atoms with van der Waals surface area (Å²) < 4.78 is 29.0. The first-order chi connectivity index (χ1) is 12.6. The van der Waals surface area contributed by atoms with Crippen LogP contribution < -0.4 is 9.64 Å². The molecule has 1 aliphatic rings. The van der Waals surface area contributed by atoms with Crippen molar-refractivity contribution in [3.05, 3.63) is 24.3 Å². The van der Waals surface area contributed by atoms with Crippen LogP contribution in [0.15, 0.2) is 24.3 Å². The molecule has 8 heteroatoms. The lowest BCUT2D eigenvalue weighted by atomic mass is 10.2. The molecule has 0 aliphatic carbocycles. The van der Waals surface area contributed by atoms with Crippen LogP contribution in [0.3, 0.4) is 0 Å². The molecule has 0 bridgehead atoms. The van der Waals surface area contributed by atoms with Gasteiger partial charge in [0.1, 0.15) is 5.75 Å². The van der Waals surface area contributed by atoms with Gasteiger partial charge in [0.25, 0.3) is 0 Å². The Morgan fingerprint density at radius 2 is 1.93 bits per heavy atom. The van der Waals surface area contributed by atoms with Crippen molar-refractivity contribution >= 4 is 27.3 Å². The van der Waals surface area contributed by atoms with Crippen molar-refractivity contribution in [3.8, 4) is 5.75 Å². The van der Waals surface area contributed by atoms with Gasteiger partial charge in [-0.15, -0.1) is 0 Å². The Kier molecular flexibility index (Phi) is 6.86. The van der Waals surface area contributed by atoms with Crippen LogP contribution in [-0.2, 0) is 19.4 Å². The third-order valence-corrected chi connectivity index (χ3v) is 6.35. The van der Waals surface area contributed by atoms with Crippen molar-refractivity contribution < 1.29 is 22.7 Å². The van der Waals surface area contributed by atoms with Crippen molar-refractivity contribution in [1.29, 1.82) is 0 Å². The number of amides is 2. The number of hydrogen-bond acceptors (Lipinski definition) is 5. The fraction of sp³-hybridized carbons (Fsp3) is 0.579. The summed E-state index contributed by atoms with van der Waals surface area (Å²) in [5.41, 5.74) is 0.623. The van der Waals surface area contributed by atoms with E-state index in [2.05, 4.69) is 0 Å². The first kappa shape index (κ1) is 21.2. The van der Waals surface area contributed by atoms with Crippen LogP contribution in [0.4, 0.5) is 5.69 Å². The van der Waals surface area contributed by atoms with Gasteiger partial charge in [-0.3, -0.25) is 9.59 Å². The molecule has 1 aliphatic heterocycles. The lowest BCUT2D eigenvalue weighted by Crippen LogP contribution is -2.40. The number of anilines is 1. The first-order valence-electron chi connectivity index (χ1n) is 9.10. The number of hydrogen-bond donors (Lipinski definition) is 0. The average Bonchev–Trinajstić information content (AvgIpc) is 2.94. The molecule has 1 aromatic carbocycles.